The van der Waals surface area contributed by atoms with Crippen LogP contribution in [0.1, 0.15) is 37.1 Å². The highest BCUT2D eigenvalue weighted by atomic mass is 32.1. The van der Waals surface area contributed by atoms with E-state index in [9.17, 15) is 0 Å². The Hall–Kier alpha value is -1.39. The highest BCUT2D eigenvalue weighted by Gasteiger charge is 2.06. The number of H-pyrrole nitrogens is 1. The number of allylic oxidation sites excluding steroid dienone is 1. The molecule has 0 aliphatic heterocycles. The van der Waals surface area contributed by atoms with Crippen LogP contribution in [-0.2, 0) is 6.54 Å². The van der Waals surface area contributed by atoms with Gasteiger partial charge >= 0.3 is 0 Å². The van der Waals surface area contributed by atoms with Crippen molar-refractivity contribution in [2.24, 2.45) is 0 Å². The molecular formula is C16H21N3S. The van der Waals surface area contributed by atoms with Gasteiger partial charge in [0.2, 0.25) is 0 Å². The maximum Gasteiger partial charge on any atom is 0.107 e. The van der Waals surface area contributed by atoms with Crippen molar-refractivity contribution in [3.63, 3.8) is 0 Å². The van der Waals surface area contributed by atoms with Gasteiger partial charge in [-0.15, -0.1) is 11.3 Å². The van der Waals surface area contributed by atoms with E-state index in [2.05, 4.69) is 27.4 Å². The number of aromatic nitrogens is 2. The summed E-state index contributed by atoms with van der Waals surface area (Å²) in [7, 11) is 0. The summed E-state index contributed by atoms with van der Waals surface area (Å²) in [6, 6.07) is 4.10. The van der Waals surface area contributed by atoms with E-state index in [0.29, 0.717) is 0 Å². The monoisotopic (exact) mass is 287 g/mol. The van der Waals surface area contributed by atoms with Crippen molar-refractivity contribution in [3.05, 3.63) is 41.2 Å². The molecule has 2 heterocycles. The molecule has 3 nitrogen and oxygen atoms in total. The van der Waals surface area contributed by atoms with Crippen LogP contribution < -0.4 is 5.32 Å². The maximum atomic E-state index is 4.48. The Balaban J connectivity index is 1.43. The molecule has 0 aromatic carbocycles. The predicted octanol–water partition coefficient (Wildman–Crippen LogP) is 4.12. The van der Waals surface area contributed by atoms with Crippen LogP contribution in [0.5, 0.6) is 0 Å². The molecular weight excluding hydrogens is 266 g/mol. The van der Waals surface area contributed by atoms with Crippen LogP contribution in [0, 0.1) is 0 Å². The van der Waals surface area contributed by atoms with Gasteiger partial charge in [0, 0.05) is 18.9 Å². The minimum Gasteiger partial charge on any atom is -0.360 e. The van der Waals surface area contributed by atoms with Gasteiger partial charge in [0.05, 0.1) is 10.6 Å². The molecule has 0 unspecified atom stereocenters. The van der Waals surface area contributed by atoms with Crippen LogP contribution >= 0.6 is 11.3 Å². The molecule has 0 saturated heterocycles. The lowest BCUT2D eigenvalue weighted by atomic mass is 9.97. The van der Waals surface area contributed by atoms with Crippen LogP contribution in [0.15, 0.2) is 36.2 Å². The van der Waals surface area contributed by atoms with E-state index in [0.717, 1.165) is 23.8 Å². The van der Waals surface area contributed by atoms with Gasteiger partial charge in [0.1, 0.15) is 5.01 Å². The average Bonchev–Trinajstić information content (AvgIpc) is 3.15. The number of nitrogens with one attached hydrogen (secondary N) is 2. The number of hydrogen-bond acceptors (Lipinski definition) is 3. The van der Waals surface area contributed by atoms with Gasteiger partial charge in [0.15, 0.2) is 0 Å². The highest BCUT2D eigenvalue weighted by Crippen LogP contribution is 2.24. The van der Waals surface area contributed by atoms with Gasteiger partial charge in [-0.05, 0) is 50.8 Å². The third-order valence-corrected chi connectivity index (χ3v) is 4.73. The summed E-state index contributed by atoms with van der Waals surface area (Å²) in [5.41, 5.74) is 2.79. The molecule has 106 valence electrons. The standard InChI is InChI=1S/C16H21N3S/c1-2-5-13(6-3-1)8-10-17-12-16-19-11-15(20-16)14-7-4-9-18-14/h4-5,7,9,11,17-18H,1-3,6,8,10,12H2. The quantitative estimate of drug-likeness (QED) is 0.620. The van der Waals surface area contributed by atoms with Gasteiger partial charge in [0.25, 0.3) is 0 Å². The fraction of sp³-hybridized carbons (Fsp3) is 0.438. The minimum atomic E-state index is 0.874. The first-order valence-electron chi connectivity index (χ1n) is 7.39. The molecule has 0 spiro atoms. The number of hydrogen-bond donors (Lipinski definition) is 2. The summed E-state index contributed by atoms with van der Waals surface area (Å²) in [5.74, 6) is 0. The van der Waals surface area contributed by atoms with Crippen molar-refractivity contribution in [3.8, 4) is 10.6 Å². The fourth-order valence-electron chi connectivity index (χ4n) is 2.58. The normalized spacial score (nSPS) is 15.3. The summed E-state index contributed by atoms with van der Waals surface area (Å²) in [5, 5.41) is 4.66. The Kier molecular flexibility index (Phi) is 4.66. The predicted molar refractivity (Wildman–Crippen MR) is 84.8 cm³/mol. The summed E-state index contributed by atoms with van der Waals surface area (Å²) in [6.45, 7) is 1.93. The molecule has 4 heteroatoms. The van der Waals surface area contributed by atoms with Crippen LogP contribution in [0.3, 0.4) is 0 Å². The molecule has 1 aliphatic rings. The van der Waals surface area contributed by atoms with Crippen LogP contribution in [0.25, 0.3) is 10.6 Å². The number of rotatable bonds is 6. The van der Waals surface area contributed by atoms with E-state index in [4.69, 9.17) is 0 Å². The lowest BCUT2D eigenvalue weighted by Gasteiger charge is -2.12. The van der Waals surface area contributed by atoms with Crippen molar-refractivity contribution < 1.29 is 0 Å². The number of thiazole rings is 1. The summed E-state index contributed by atoms with van der Waals surface area (Å²) >= 11 is 1.76. The van der Waals surface area contributed by atoms with Crippen molar-refractivity contribution in [2.45, 2.75) is 38.6 Å². The molecule has 2 N–H and O–H groups in total. The topological polar surface area (TPSA) is 40.7 Å². The molecule has 0 saturated carbocycles. The van der Waals surface area contributed by atoms with E-state index in [1.54, 1.807) is 16.9 Å². The van der Waals surface area contributed by atoms with Crippen molar-refractivity contribution >= 4 is 11.3 Å². The first-order chi connectivity index (χ1) is 9.92. The highest BCUT2D eigenvalue weighted by molar-refractivity contribution is 7.15. The van der Waals surface area contributed by atoms with Crippen molar-refractivity contribution in [1.29, 1.82) is 0 Å². The van der Waals surface area contributed by atoms with Gasteiger partial charge in [-0.1, -0.05) is 11.6 Å². The van der Waals surface area contributed by atoms with Gasteiger partial charge in [-0.25, -0.2) is 4.98 Å². The molecule has 2 aromatic rings. The number of aromatic amines is 1. The largest absolute Gasteiger partial charge is 0.360 e. The lowest BCUT2D eigenvalue weighted by Crippen LogP contribution is -2.15. The third-order valence-electron chi connectivity index (χ3n) is 3.70. The van der Waals surface area contributed by atoms with E-state index < -0.39 is 0 Å². The minimum absolute atomic E-state index is 0.874. The van der Waals surface area contributed by atoms with E-state index in [-0.39, 0.29) is 0 Å². The Morgan fingerprint density at radius 2 is 2.35 bits per heavy atom. The molecule has 3 rings (SSSR count). The van der Waals surface area contributed by atoms with Gasteiger partial charge < -0.3 is 10.3 Å². The molecule has 0 amide bonds. The summed E-state index contributed by atoms with van der Waals surface area (Å²) in [4.78, 5) is 8.91. The van der Waals surface area contributed by atoms with E-state index in [1.165, 1.54) is 37.0 Å². The molecule has 0 bridgehead atoms. The van der Waals surface area contributed by atoms with Crippen molar-refractivity contribution in [1.82, 2.24) is 15.3 Å². The van der Waals surface area contributed by atoms with Crippen LogP contribution in [-0.4, -0.2) is 16.5 Å². The molecule has 0 radical (unpaired) electrons. The molecule has 0 fully saturated rings. The van der Waals surface area contributed by atoms with Crippen LogP contribution in [0.4, 0.5) is 0 Å². The third kappa shape index (κ3) is 3.58. The zero-order valence-corrected chi connectivity index (χ0v) is 12.5. The number of nitrogens with zero attached hydrogens (tertiary/aromatic N) is 1. The zero-order chi connectivity index (χ0) is 13.6. The molecule has 20 heavy (non-hydrogen) atoms. The van der Waals surface area contributed by atoms with Gasteiger partial charge in [-0.2, -0.15) is 0 Å². The second kappa shape index (κ2) is 6.86. The Morgan fingerprint density at radius 1 is 1.35 bits per heavy atom. The van der Waals surface area contributed by atoms with E-state index >= 15 is 0 Å². The second-order valence-corrected chi connectivity index (χ2v) is 6.35. The summed E-state index contributed by atoms with van der Waals surface area (Å²) in [6.07, 6.45) is 12.8. The first-order valence-corrected chi connectivity index (χ1v) is 8.20. The molecule has 2 aromatic heterocycles. The second-order valence-electron chi connectivity index (χ2n) is 5.24. The Morgan fingerprint density at radius 3 is 3.15 bits per heavy atom. The first kappa shape index (κ1) is 13.6. The van der Waals surface area contributed by atoms with E-state index in [1.807, 2.05) is 18.5 Å². The lowest BCUT2D eigenvalue weighted by molar-refractivity contribution is 0.631. The van der Waals surface area contributed by atoms with Gasteiger partial charge in [-0.3, -0.25) is 0 Å². The van der Waals surface area contributed by atoms with Crippen molar-refractivity contribution in [2.75, 3.05) is 6.54 Å². The SMILES string of the molecule is C1=C(CCNCc2ncc(-c3ccc[nH]3)s2)CCCC1. The van der Waals surface area contributed by atoms with Crippen LogP contribution in [0.2, 0.25) is 0 Å². The maximum absolute atomic E-state index is 4.48. The smallest absolute Gasteiger partial charge is 0.107 e. The fourth-order valence-corrected chi connectivity index (χ4v) is 3.45. The molecule has 1 aliphatic carbocycles. The summed E-state index contributed by atoms with van der Waals surface area (Å²) < 4.78 is 0. The molecule has 0 atom stereocenters. The average molecular weight is 287 g/mol. The Bertz CT molecular complexity index is 554. The zero-order valence-electron chi connectivity index (χ0n) is 11.7. The Labute approximate surface area is 124 Å².